The van der Waals surface area contributed by atoms with Crippen LogP contribution in [-0.2, 0) is 28.7 Å². The van der Waals surface area contributed by atoms with Gasteiger partial charge >= 0.3 is 5.97 Å². The zero-order valence-corrected chi connectivity index (χ0v) is 21.4. The third-order valence-electron chi connectivity index (χ3n) is 6.08. The average Bonchev–Trinajstić information content (AvgIpc) is 2.98. The van der Waals surface area contributed by atoms with E-state index < -0.39 is 47.4 Å². The van der Waals surface area contributed by atoms with E-state index in [2.05, 4.69) is 10.6 Å². The molecule has 1 aromatic carbocycles. The van der Waals surface area contributed by atoms with Crippen molar-refractivity contribution >= 4 is 35.9 Å². The van der Waals surface area contributed by atoms with E-state index in [0.717, 1.165) is 5.01 Å². The van der Waals surface area contributed by atoms with Crippen LogP contribution in [0.1, 0.15) is 69.7 Å². The molecule has 0 aromatic heterocycles. The van der Waals surface area contributed by atoms with Crippen molar-refractivity contribution in [3.63, 3.8) is 0 Å². The Balaban J connectivity index is 1.71. The van der Waals surface area contributed by atoms with Crippen LogP contribution in [0.25, 0.3) is 0 Å². The second-order valence-electron chi connectivity index (χ2n) is 10.2. The van der Waals surface area contributed by atoms with Gasteiger partial charge in [0, 0.05) is 24.9 Å². The topological polar surface area (TPSA) is 142 Å². The van der Waals surface area contributed by atoms with Crippen LogP contribution in [0.2, 0.25) is 0 Å². The molecule has 0 aliphatic carbocycles. The second kappa shape index (κ2) is 12.0. The molecule has 0 spiro atoms. The molecular weight excluding hydrogens is 480 g/mol. The number of ether oxygens (including phenoxy) is 1. The van der Waals surface area contributed by atoms with E-state index >= 15 is 0 Å². The van der Waals surface area contributed by atoms with Crippen LogP contribution in [0.3, 0.4) is 0 Å². The number of rotatable bonds is 8. The smallest absolute Gasteiger partial charge is 0.306 e. The van der Waals surface area contributed by atoms with E-state index in [1.807, 2.05) is 0 Å². The first-order chi connectivity index (χ1) is 17.5. The summed E-state index contributed by atoms with van der Waals surface area (Å²) in [5, 5.41) is 7.67. The molecule has 2 aliphatic rings. The number of esters is 1. The first-order valence-corrected chi connectivity index (χ1v) is 12.5. The Morgan fingerprint density at radius 2 is 1.84 bits per heavy atom. The summed E-state index contributed by atoms with van der Waals surface area (Å²) in [6, 6.07) is 5.39. The van der Waals surface area contributed by atoms with E-state index in [9.17, 15) is 28.8 Å². The molecule has 4 amide bonds. The van der Waals surface area contributed by atoms with Gasteiger partial charge in [0.2, 0.25) is 11.8 Å². The first kappa shape index (κ1) is 27.8. The van der Waals surface area contributed by atoms with Crippen LogP contribution in [-0.4, -0.2) is 76.2 Å². The molecule has 2 saturated heterocycles. The number of carbonyl (C=O) groups is 6. The number of hydrogen-bond donors (Lipinski definition) is 2. The summed E-state index contributed by atoms with van der Waals surface area (Å²) in [6.07, 6.45) is 1.38. The third-order valence-corrected chi connectivity index (χ3v) is 6.08. The van der Waals surface area contributed by atoms with Gasteiger partial charge in [0.05, 0.1) is 6.04 Å². The summed E-state index contributed by atoms with van der Waals surface area (Å²) < 4.78 is 5.24. The average molecular weight is 515 g/mol. The van der Waals surface area contributed by atoms with Crippen molar-refractivity contribution < 1.29 is 33.5 Å². The molecule has 37 heavy (non-hydrogen) atoms. The van der Waals surface area contributed by atoms with E-state index in [4.69, 9.17) is 4.74 Å². The first-order valence-electron chi connectivity index (χ1n) is 12.5. The van der Waals surface area contributed by atoms with Crippen LogP contribution < -0.4 is 10.6 Å². The van der Waals surface area contributed by atoms with Crippen LogP contribution in [0.4, 0.5) is 0 Å². The van der Waals surface area contributed by atoms with Gasteiger partial charge in [-0.25, -0.2) is 5.01 Å². The molecule has 1 aromatic rings. The van der Waals surface area contributed by atoms with Crippen LogP contribution >= 0.6 is 0 Å². The highest BCUT2D eigenvalue weighted by molar-refractivity contribution is 5.99. The Kier molecular flexibility index (Phi) is 9.01. The van der Waals surface area contributed by atoms with E-state index in [0.29, 0.717) is 18.3 Å². The molecule has 11 heteroatoms. The molecule has 2 fully saturated rings. The summed E-state index contributed by atoms with van der Waals surface area (Å²) in [4.78, 5) is 75.9. The van der Waals surface area contributed by atoms with Gasteiger partial charge in [-0.05, 0) is 58.6 Å². The fourth-order valence-electron chi connectivity index (χ4n) is 4.36. The fraction of sp³-hybridized carbons (Fsp3) is 0.538. The van der Waals surface area contributed by atoms with Gasteiger partial charge in [-0.15, -0.1) is 0 Å². The number of nitrogens with zero attached hydrogens (tertiary/aromatic N) is 2. The summed E-state index contributed by atoms with van der Waals surface area (Å²) in [7, 11) is 0. The number of hydrogen-bond acceptors (Lipinski definition) is 7. The van der Waals surface area contributed by atoms with Crippen molar-refractivity contribution in [2.75, 3.05) is 6.54 Å². The van der Waals surface area contributed by atoms with Crippen molar-refractivity contribution in [3.05, 3.63) is 35.9 Å². The normalized spacial score (nSPS) is 20.8. The fourth-order valence-corrected chi connectivity index (χ4v) is 4.36. The van der Waals surface area contributed by atoms with Crippen molar-refractivity contribution in [1.29, 1.82) is 0 Å². The summed E-state index contributed by atoms with van der Waals surface area (Å²) in [5.74, 6) is -2.45. The van der Waals surface area contributed by atoms with Crippen LogP contribution in [0.5, 0.6) is 0 Å². The number of aldehydes is 1. The predicted octanol–water partition coefficient (Wildman–Crippen LogP) is 1.12. The van der Waals surface area contributed by atoms with Gasteiger partial charge in [-0.2, -0.15) is 0 Å². The summed E-state index contributed by atoms with van der Waals surface area (Å²) >= 11 is 0. The largest absolute Gasteiger partial charge is 0.460 e. The van der Waals surface area contributed by atoms with Gasteiger partial charge in [0.15, 0.2) is 0 Å². The van der Waals surface area contributed by atoms with Gasteiger partial charge in [-0.1, -0.05) is 18.2 Å². The lowest BCUT2D eigenvalue weighted by Gasteiger charge is -2.43. The van der Waals surface area contributed by atoms with Gasteiger partial charge in [0.25, 0.3) is 11.8 Å². The molecule has 0 radical (unpaired) electrons. The molecule has 3 rings (SSSR count). The van der Waals surface area contributed by atoms with Crippen molar-refractivity contribution in [1.82, 2.24) is 20.7 Å². The minimum absolute atomic E-state index is 0.0309. The monoisotopic (exact) mass is 514 g/mol. The number of hydrazine groups is 1. The quantitative estimate of drug-likeness (QED) is 0.391. The predicted molar refractivity (Wildman–Crippen MR) is 132 cm³/mol. The SMILES string of the molecule is CC(C)(C)OC(=O)CCC(C=O)NC(=O)C1CCCN2C(=O)CCC(NC(=O)c3ccccc3)C(=O)N12. The van der Waals surface area contributed by atoms with Gasteiger partial charge < -0.3 is 20.2 Å². The molecule has 200 valence electrons. The molecule has 0 saturated carbocycles. The lowest BCUT2D eigenvalue weighted by molar-refractivity contribution is -0.176. The maximum Gasteiger partial charge on any atom is 0.306 e. The molecule has 3 unspecified atom stereocenters. The molecule has 2 aliphatic heterocycles. The lowest BCUT2D eigenvalue weighted by Crippen LogP contribution is -2.64. The summed E-state index contributed by atoms with van der Waals surface area (Å²) in [6.45, 7) is 5.46. The Morgan fingerprint density at radius 1 is 1.14 bits per heavy atom. The van der Waals surface area contributed by atoms with Crippen LogP contribution in [0.15, 0.2) is 30.3 Å². The minimum atomic E-state index is -1.04. The number of carbonyl (C=O) groups excluding carboxylic acids is 6. The van der Waals surface area contributed by atoms with E-state index in [1.54, 1.807) is 51.1 Å². The highest BCUT2D eigenvalue weighted by Crippen LogP contribution is 2.25. The maximum absolute atomic E-state index is 13.5. The standard InChI is InChI=1S/C26H34N4O7/c1-26(2,3)37-22(33)14-11-18(16-31)27-24(35)20-10-7-15-29-21(32)13-12-19(25(36)30(20)29)28-23(34)17-8-5-4-6-9-17/h4-6,8-9,16,18-20H,7,10-15H2,1-3H3,(H,27,35)(H,28,34). The highest BCUT2D eigenvalue weighted by atomic mass is 16.6. The van der Waals surface area contributed by atoms with Gasteiger partial charge in [-0.3, -0.25) is 29.0 Å². The molecule has 2 heterocycles. The molecule has 3 atom stereocenters. The number of benzene rings is 1. The zero-order valence-electron chi connectivity index (χ0n) is 21.4. The number of amides is 4. The number of fused-ring (bicyclic) bond motifs is 1. The summed E-state index contributed by atoms with van der Waals surface area (Å²) in [5.41, 5.74) is -0.302. The Bertz CT molecular complexity index is 1040. The second-order valence-corrected chi connectivity index (χ2v) is 10.2. The molecule has 2 N–H and O–H groups in total. The highest BCUT2D eigenvalue weighted by Gasteiger charge is 2.44. The minimum Gasteiger partial charge on any atom is -0.460 e. The van der Waals surface area contributed by atoms with E-state index in [1.165, 1.54) is 5.01 Å². The Hall–Kier alpha value is -3.76. The Labute approximate surface area is 215 Å². The number of nitrogens with one attached hydrogen (secondary N) is 2. The van der Waals surface area contributed by atoms with Crippen LogP contribution in [0, 0.1) is 0 Å². The molecule has 11 nitrogen and oxygen atoms in total. The third kappa shape index (κ3) is 7.37. The zero-order chi connectivity index (χ0) is 27.2. The lowest BCUT2D eigenvalue weighted by atomic mass is 10.0. The van der Waals surface area contributed by atoms with E-state index in [-0.39, 0.29) is 44.6 Å². The maximum atomic E-state index is 13.5. The Morgan fingerprint density at radius 3 is 2.49 bits per heavy atom. The van der Waals surface area contributed by atoms with Crippen molar-refractivity contribution in [2.45, 2.75) is 83.0 Å². The van der Waals surface area contributed by atoms with Gasteiger partial charge in [0.1, 0.15) is 24.0 Å². The molecule has 0 bridgehead atoms. The van der Waals surface area contributed by atoms with Crippen molar-refractivity contribution in [2.24, 2.45) is 0 Å². The molecular formula is C26H34N4O7. The van der Waals surface area contributed by atoms with Crippen molar-refractivity contribution in [3.8, 4) is 0 Å².